The summed E-state index contributed by atoms with van der Waals surface area (Å²) >= 11 is 0. The average molecular weight is 292 g/mol. The number of aliphatic hydroxyl groups is 1. The van der Waals surface area contributed by atoms with E-state index in [0.29, 0.717) is 12.8 Å². The molecule has 1 aromatic carbocycles. The molecule has 1 atom stereocenters. The summed E-state index contributed by atoms with van der Waals surface area (Å²) in [5.41, 5.74) is 5.06. The third-order valence-corrected chi connectivity index (χ3v) is 5.13. The van der Waals surface area contributed by atoms with Gasteiger partial charge in [-0.15, -0.1) is 0 Å². The van der Waals surface area contributed by atoms with E-state index in [1.54, 1.807) is 0 Å². The number of nitrogens with zero attached hydrogens (tertiary/aromatic N) is 1. The van der Waals surface area contributed by atoms with E-state index < -0.39 is 32.6 Å². The minimum atomic E-state index is -4.31. The number of hydrogen-bond donors (Lipinski definition) is 2. The Morgan fingerprint density at radius 2 is 1.95 bits per heavy atom. The van der Waals surface area contributed by atoms with Crippen LogP contribution < -0.4 is 5.73 Å². The van der Waals surface area contributed by atoms with Crippen molar-refractivity contribution < 1.29 is 22.3 Å². The Morgan fingerprint density at radius 3 is 2.47 bits per heavy atom. The smallest absolute Gasteiger partial charge is 0.249 e. The number of hydrogen-bond acceptors (Lipinski definition) is 4. The molecule has 8 heteroatoms. The zero-order valence-corrected chi connectivity index (χ0v) is 10.8. The number of rotatable bonds is 3. The number of aliphatic hydroxyl groups excluding tert-OH is 1. The van der Waals surface area contributed by atoms with Crippen LogP contribution in [0.25, 0.3) is 0 Å². The van der Waals surface area contributed by atoms with Gasteiger partial charge in [0.05, 0.1) is 6.61 Å². The van der Waals surface area contributed by atoms with E-state index in [1.165, 1.54) is 0 Å². The van der Waals surface area contributed by atoms with E-state index >= 15 is 0 Å². The molecule has 1 aromatic rings. The summed E-state index contributed by atoms with van der Waals surface area (Å²) in [6, 6.07) is 0.890. The molecule has 2 rings (SSSR count). The normalized spacial score (nSPS) is 20.9. The average Bonchev–Trinajstić information content (AvgIpc) is 2.75. The standard InChI is InChI=1S/C11H14F2N2O3S/c12-9-4-7(14)5-10(13)11(9)19(17,18)15-3-1-2-8(15)6-16/h4-5,8,16H,1-3,6,14H2/t8-/m0/s1. The van der Waals surface area contributed by atoms with Gasteiger partial charge in [0.2, 0.25) is 10.0 Å². The molecular formula is C11H14F2N2O3S. The molecule has 1 fully saturated rings. The van der Waals surface area contributed by atoms with E-state index in [-0.39, 0.29) is 18.8 Å². The maximum absolute atomic E-state index is 13.7. The van der Waals surface area contributed by atoms with Crippen LogP contribution in [0.2, 0.25) is 0 Å². The van der Waals surface area contributed by atoms with Gasteiger partial charge in [-0.3, -0.25) is 0 Å². The highest BCUT2D eigenvalue weighted by molar-refractivity contribution is 7.89. The zero-order valence-electron chi connectivity index (χ0n) is 10.0. The van der Waals surface area contributed by atoms with Crippen LogP contribution in [0.4, 0.5) is 14.5 Å². The molecule has 1 saturated heterocycles. The number of anilines is 1. The van der Waals surface area contributed by atoms with Gasteiger partial charge in [-0.1, -0.05) is 0 Å². The number of halogens is 2. The van der Waals surface area contributed by atoms with Gasteiger partial charge in [-0.05, 0) is 25.0 Å². The number of sulfonamides is 1. The summed E-state index contributed by atoms with van der Waals surface area (Å²) in [6.07, 6.45) is 1.01. The fraction of sp³-hybridized carbons (Fsp3) is 0.455. The number of benzene rings is 1. The van der Waals surface area contributed by atoms with Crippen molar-refractivity contribution in [3.63, 3.8) is 0 Å². The third-order valence-electron chi connectivity index (χ3n) is 3.12. The molecule has 3 N–H and O–H groups in total. The second kappa shape index (κ2) is 5.03. The summed E-state index contributed by atoms with van der Waals surface area (Å²) < 4.78 is 52.8. The molecule has 0 aromatic heterocycles. The predicted octanol–water partition coefficient (Wildman–Crippen LogP) is 0.692. The lowest BCUT2D eigenvalue weighted by Crippen LogP contribution is -2.38. The Labute approximate surface area is 109 Å². The summed E-state index contributed by atoms with van der Waals surface area (Å²) in [6.45, 7) is -0.242. The minimum Gasteiger partial charge on any atom is -0.399 e. The lowest BCUT2D eigenvalue weighted by molar-refractivity contribution is 0.213. The Morgan fingerprint density at radius 1 is 1.37 bits per heavy atom. The van der Waals surface area contributed by atoms with Gasteiger partial charge in [0.15, 0.2) is 4.90 Å². The van der Waals surface area contributed by atoms with Gasteiger partial charge in [0, 0.05) is 18.3 Å². The molecule has 0 aliphatic carbocycles. The molecule has 0 amide bonds. The summed E-state index contributed by atoms with van der Waals surface area (Å²) in [5.74, 6) is -2.44. The Bertz CT molecular complexity index is 569. The van der Waals surface area contributed by atoms with Crippen LogP contribution in [0.5, 0.6) is 0 Å². The first-order chi connectivity index (χ1) is 8.87. The molecule has 0 unspecified atom stereocenters. The first-order valence-corrected chi connectivity index (χ1v) is 7.19. The molecule has 1 aliphatic heterocycles. The molecule has 5 nitrogen and oxygen atoms in total. The van der Waals surface area contributed by atoms with E-state index in [1.807, 2.05) is 0 Å². The Balaban J connectivity index is 2.51. The van der Waals surface area contributed by atoms with Gasteiger partial charge in [0.25, 0.3) is 0 Å². The van der Waals surface area contributed by atoms with Gasteiger partial charge in [-0.2, -0.15) is 4.31 Å². The van der Waals surface area contributed by atoms with Crippen LogP contribution in [0.3, 0.4) is 0 Å². The first kappa shape index (κ1) is 14.2. The second-order valence-electron chi connectivity index (χ2n) is 4.41. The van der Waals surface area contributed by atoms with E-state index in [9.17, 15) is 17.2 Å². The van der Waals surface area contributed by atoms with E-state index in [0.717, 1.165) is 16.4 Å². The van der Waals surface area contributed by atoms with Crippen LogP contribution in [0, 0.1) is 11.6 Å². The van der Waals surface area contributed by atoms with Crippen LogP contribution in [-0.4, -0.2) is 37.0 Å². The van der Waals surface area contributed by atoms with Crippen LogP contribution >= 0.6 is 0 Å². The molecule has 1 heterocycles. The van der Waals surface area contributed by atoms with Gasteiger partial charge >= 0.3 is 0 Å². The third kappa shape index (κ3) is 2.43. The van der Waals surface area contributed by atoms with Crippen molar-refractivity contribution in [2.45, 2.75) is 23.8 Å². The summed E-state index contributed by atoms with van der Waals surface area (Å²) in [7, 11) is -4.31. The van der Waals surface area contributed by atoms with Crippen molar-refractivity contribution in [1.29, 1.82) is 0 Å². The topological polar surface area (TPSA) is 83.6 Å². The minimum absolute atomic E-state index is 0.136. The van der Waals surface area contributed by atoms with Crippen molar-refractivity contribution in [2.75, 3.05) is 18.9 Å². The highest BCUT2D eigenvalue weighted by Gasteiger charge is 2.38. The maximum Gasteiger partial charge on any atom is 0.249 e. The molecule has 0 radical (unpaired) electrons. The second-order valence-corrected chi connectivity index (χ2v) is 6.24. The molecule has 0 spiro atoms. The molecular weight excluding hydrogens is 278 g/mol. The van der Waals surface area contributed by atoms with Crippen LogP contribution in [-0.2, 0) is 10.0 Å². The molecule has 19 heavy (non-hydrogen) atoms. The van der Waals surface area contributed by atoms with Crippen molar-refractivity contribution in [3.05, 3.63) is 23.8 Å². The maximum atomic E-state index is 13.7. The molecule has 1 aliphatic rings. The van der Waals surface area contributed by atoms with E-state index in [4.69, 9.17) is 10.8 Å². The van der Waals surface area contributed by atoms with Crippen molar-refractivity contribution in [3.8, 4) is 0 Å². The molecule has 0 bridgehead atoms. The number of nitrogens with two attached hydrogens (primary N) is 1. The van der Waals surface area contributed by atoms with Crippen molar-refractivity contribution >= 4 is 15.7 Å². The van der Waals surface area contributed by atoms with Crippen molar-refractivity contribution in [2.24, 2.45) is 0 Å². The highest BCUT2D eigenvalue weighted by atomic mass is 32.2. The fourth-order valence-electron chi connectivity index (χ4n) is 2.25. The fourth-order valence-corrected chi connectivity index (χ4v) is 4.03. The van der Waals surface area contributed by atoms with Crippen LogP contribution in [0.15, 0.2) is 17.0 Å². The Hall–Kier alpha value is -1.25. The molecule has 0 saturated carbocycles. The first-order valence-electron chi connectivity index (χ1n) is 5.75. The molecule has 106 valence electrons. The quantitative estimate of drug-likeness (QED) is 0.803. The van der Waals surface area contributed by atoms with Gasteiger partial charge in [0.1, 0.15) is 11.6 Å². The van der Waals surface area contributed by atoms with Crippen molar-refractivity contribution in [1.82, 2.24) is 4.31 Å². The monoisotopic (exact) mass is 292 g/mol. The SMILES string of the molecule is Nc1cc(F)c(S(=O)(=O)N2CCC[C@H]2CO)c(F)c1. The van der Waals surface area contributed by atoms with Gasteiger partial charge < -0.3 is 10.8 Å². The van der Waals surface area contributed by atoms with E-state index in [2.05, 4.69) is 0 Å². The zero-order chi connectivity index (χ0) is 14.2. The summed E-state index contributed by atoms with van der Waals surface area (Å²) in [4.78, 5) is -1.01. The van der Waals surface area contributed by atoms with Crippen LogP contribution in [0.1, 0.15) is 12.8 Å². The number of nitrogen functional groups attached to an aromatic ring is 1. The predicted molar refractivity (Wildman–Crippen MR) is 64.8 cm³/mol. The Kier molecular flexibility index (Phi) is 3.75. The largest absolute Gasteiger partial charge is 0.399 e. The van der Waals surface area contributed by atoms with Gasteiger partial charge in [-0.25, -0.2) is 17.2 Å². The summed E-state index contributed by atoms with van der Waals surface area (Å²) in [5, 5.41) is 9.12. The lowest BCUT2D eigenvalue weighted by atomic mass is 10.2. The lowest BCUT2D eigenvalue weighted by Gasteiger charge is -2.22. The highest BCUT2D eigenvalue weighted by Crippen LogP contribution is 2.30.